The minimum absolute atomic E-state index is 0.348. The van der Waals surface area contributed by atoms with E-state index in [2.05, 4.69) is 68.7 Å². The zero-order valence-corrected chi connectivity index (χ0v) is 21.8. The van der Waals surface area contributed by atoms with Crippen molar-refractivity contribution in [2.45, 2.75) is 78.1 Å². The van der Waals surface area contributed by atoms with Gasteiger partial charge in [0.1, 0.15) is 24.7 Å². The van der Waals surface area contributed by atoms with Gasteiger partial charge < -0.3 is 14.6 Å². The van der Waals surface area contributed by atoms with Crippen LogP contribution in [0.5, 0.6) is 11.5 Å². The molecule has 5 heteroatoms. The topological polar surface area (TPSA) is 45.2 Å². The summed E-state index contributed by atoms with van der Waals surface area (Å²) in [6.07, 6.45) is 2.46. The average molecular weight is 469 g/mol. The van der Waals surface area contributed by atoms with Crippen LogP contribution in [0.4, 0.5) is 0 Å². The molecule has 1 N–H and O–H groups in total. The molecule has 1 atom stereocenters. The molecule has 0 unspecified atom stereocenters. The Bertz CT molecular complexity index is 843. The van der Waals surface area contributed by atoms with Gasteiger partial charge in [0.2, 0.25) is 0 Å². The largest absolute Gasteiger partial charge is 0.492 e. The third kappa shape index (κ3) is 8.30. The van der Waals surface area contributed by atoms with Gasteiger partial charge in [-0.15, -0.1) is 0 Å². The van der Waals surface area contributed by atoms with Gasteiger partial charge >= 0.3 is 0 Å². The molecule has 2 aromatic rings. The van der Waals surface area contributed by atoms with Crippen molar-refractivity contribution in [2.75, 3.05) is 32.8 Å². The Morgan fingerprint density at radius 1 is 0.882 bits per heavy atom. The van der Waals surface area contributed by atoms with E-state index in [-0.39, 0.29) is 0 Å². The first-order valence-electron chi connectivity index (χ1n) is 12.9. The maximum atomic E-state index is 11.1. The number of nitrogens with zero attached hydrogens (tertiary/aromatic N) is 2. The maximum absolute atomic E-state index is 11.1. The Kier molecular flexibility index (Phi) is 9.81. The van der Waals surface area contributed by atoms with Gasteiger partial charge in [0.15, 0.2) is 0 Å². The molecule has 2 aromatic carbocycles. The minimum Gasteiger partial charge on any atom is -0.492 e. The Morgan fingerprint density at radius 3 is 2.15 bits per heavy atom. The van der Waals surface area contributed by atoms with Crippen LogP contribution < -0.4 is 9.47 Å². The summed E-state index contributed by atoms with van der Waals surface area (Å²) in [6, 6.07) is 17.5. The first kappa shape index (κ1) is 26.5. The lowest BCUT2D eigenvalue weighted by molar-refractivity contribution is -0.0168. The average Bonchev–Trinajstić information content (AvgIpc) is 2.98. The molecule has 1 heterocycles. The molecule has 1 aliphatic rings. The third-order valence-corrected chi connectivity index (χ3v) is 6.81. The van der Waals surface area contributed by atoms with Crippen molar-refractivity contribution in [3.05, 3.63) is 59.7 Å². The number of rotatable bonds is 11. The summed E-state index contributed by atoms with van der Waals surface area (Å²) < 4.78 is 11.9. The van der Waals surface area contributed by atoms with Crippen molar-refractivity contribution < 1.29 is 14.6 Å². The van der Waals surface area contributed by atoms with Crippen LogP contribution in [-0.4, -0.2) is 65.4 Å². The van der Waals surface area contributed by atoms with Crippen molar-refractivity contribution in [1.29, 1.82) is 0 Å². The second kappa shape index (κ2) is 12.6. The Labute approximate surface area is 206 Å². The van der Waals surface area contributed by atoms with E-state index in [0.717, 1.165) is 56.9 Å². The number of hydrogen-bond acceptors (Lipinski definition) is 5. The number of hydrogen-bond donors (Lipinski definition) is 1. The van der Waals surface area contributed by atoms with Gasteiger partial charge in [-0.05, 0) is 90.3 Å². The monoisotopic (exact) mass is 468 g/mol. The summed E-state index contributed by atoms with van der Waals surface area (Å²) in [4.78, 5) is 4.88. The SMILES string of the molecule is Cc1ccc(OC[C@]2(O)CCCN(Cc3ccc(OCCN(C(C)C)C(C)C)cc3)CC2)cc1. The summed E-state index contributed by atoms with van der Waals surface area (Å²) in [5, 5.41) is 11.1. The van der Waals surface area contributed by atoms with E-state index in [9.17, 15) is 5.11 Å². The highest BCUT2D eigenvalue weighted by Crippen LogP contribution is 2.25. The molecule has 0 aromatic heterocycles. The summed E-state index contributed by atoms with van der Waals surface area (Å²) in [6.45, 7) is 15.7. The molecule has 34 heavy (non-hydrogen) atoms. The number of aryl methyl sites for hydroxylation is 1. The normalized spacial score (nSPS) is 19.6. The highest BCUT2D eigenvalue weighted by atomic mass is 16.5. The van der Waals surface area contributed by atoms with Gasteiger partial charge in [-0.1, -0.05) is 29.8 Å². The lowest BCUT2D eigenvalue weighted by Crippen LogP contribution is -2.39. The molecule has 0 aliphatic carbocycles. The fourth-order valence-corrected chi connectivity index (χ4v) is 4.72. The third-order valence-electron chi connectivity index (χ3n) is 6.81. The van der Waals surface area contributed by atoms with Crippen LogP contribution in [0.1, 0.15) is 58.1 Å². The molecule has 0 radical (unpaired) electrons. The number of ether oxygens (including phenoxy) is 2. The molecular formula is C29H44N2O3. The van der Waals surface area contributed by atoms with Gasteiger partial charge in [-0.25, -0.2) is 0 Å². The molecule has 0 amide bonds. The smallest absolute Gasteiger partial charge is 0.119 e. The van der Waals surface area contributed by atoms with Crippen LogP contribution in [0.25, 0.3) is 0 Å². The Hall–Kier alpha value is -2.08. The van der Waals surface area contributed by atoms with Gasteiger partial charge in [-0.2, -0.15) is 0 Å². The van der Waals surface area contributed by atoms with Crippen molar-refractivity contribution in [2.24, 2.45) is 0 Å². The molecule has 3 rings (SSSR count). The van der Waals surface area contributed by atoms with E-state index < -0.39 is 5.60 Å². The van der Waals surface area contributed by atoms with Crippen molar-refractivity contribution in [3.63, 3.8) is 0 Å². The second-order valence-electron chi connectivity index (χ2n) is 10.4. The van der Waals surface area contributed by atoms with Crippen LogP contribution >= 0.6 is 0 Å². The number of benzene rings is 2. The van der Waals surface area contributed by atoms with Crippen molar-refractivity contribution in [3.8, 4) is 11.5 Å². The van der Waals surface area contributed by atoms with Crippen molar-refractivity contribution in [1.82, 2.24) is 9.80 Å². The van der Waals surface area contributed by atoms with Crippen molar-refractivity contribution >= 4 is 0 Å². The van der Waals surface area contributed by atoms with Crippen LogP contribution in [-0.2, 0) is 6.54 Å². The zero-order valence-electron chi connectivity index (χ0n) is 21.8. The van der Waals surface area contributed by atoms with E-state index in [0.29, 0.717) is 25.3 Å². The first-order chi connectivity index (χ1) is 16.2. The van der Waals surface area contributed by atoms with Gasteiger partial charge in [-0.3, -0.25) is 9.80 Å². The molecule has 5 nitrogen and oxygen atoms in total. The quantitative estimate of drug-likeness (QED) is 0.486. The molecule has 1 saturated heterocycles. The second-order valence-corrected chi connectivity index (χ2v) is 10.4. The predicted octanol–water partition coefficient (Wildman–Crippen LogP) is 5.29. The van der Waals surface area contributed by atoms with Gasteiger partial charge in [0.25, 0.3) is 0 Å². The zero-order chi connectivity index (χ0) is 24.6. The molecule has 0 spiro atoms. The van der Waals surface area contributed by atoms with Gasteiger partial charge in [0, 0.05) is 31.7 Å². The molecule has 1 aliphatic heterocycles. The Morgan fingerprint density at radius 2 is 1.50 bits per heavy atom. The lowest BCUT2D eigenvalue weighted by atomic mass is 9.96. The lowest BCUT2D eigenvalue weighted by Gasteiger charge is -2.30. The predicted molar refractivity (Wildman–Crippen MR) is 140 cm³/mol. The van der Waals surface area contributed by atoms with Crippen LogP contribution in [0.2, 0.25) is 0 Å². The Balaban J connectivity index is 1.43. The van der Waals surface area contributed by atoms with E-state index in [4.69, 9.17) is 9.47 Å². The van der Waals surface area contributed by atoms with E-state index in [1.807, 2.05) is 24.3 Å². The number of likely N-dealkylation sites (tertiary alicyclic amines) is 1. The van der Waals surface area contributed by atoms with E-state index in [1.165, 1.54) is 11.1 Å². The first-order valence-corrected chi connectivity index (χ1v) is 12.9. The minimum atomic E-state index is -0.767. The molecule has 0 bridgehead atoms. The molecule has 188 valence electrons. The fourth-order valence-electron chi connectivity index (χ4n) is 4.72. The van der Waals surface area contributed by atoms with Crippen LogP contribution in [0.3, 0.4) is 0 Å². The molecule has 1 fully saturated rings. The highest BCUT2D eigenvalue weighted by Gasteiger charge is 2.31. The van der Waals surface area contributed by atoms with E-state index in [1.54, 1.807) is 0 Å². The van der Waals surface area contributed by atoms with Crippen LogP contribution in [0.15, 0.2) is 48.5 Å². The summed E-state index contributed by atoms with van der Waals surface area (Å²) in [7, 11) is 0. The molecule has 0 saturated carbocycles. The summed E-state index contributed by atoms with van der Waals surface area (Å²) in [5.74, 6) is 1.75. The summed E-state index contributed by atoms with van der Waals surface area (Å²) >= 11 is 0. The highest BCUT2D eigenvalue weighted by molar-refractivity contribution is 5.27. The molecular weight excluding hydrogens is 424 g/mol. The fraction of sp³-hybridized carbons (Fsp3) is 0.586. The maximum Gasteiger partial charge on any atom is 0.119 e. The number of aliphatic hydroxyl groups is 1. The standard InChI is InChI=1S/C29H44N2O3/c1-23(2)31(24(3)4)19-20-33-27-13-9-26(10-14-27)21-30-17-6-15-29(32,16-18-30)22-34-28-11-7-25(5)8-12-28/h7-14,23-24,32H,6,15-22H2,1-5H3/t29-/m0/s1. The summed E-state index contributed by atoms with van der Waals surface area (Å²) in [5.41, 5.74) is 1.72. The van der Waals surface area contributed by atoms with E-state index >= 15 is 0 Å². The van der Waals surface area contributed by atoms with Crippen LogP contribution in [0, 0.1) is 6.92 Å². The van der Waals surface area contributed by atoms with Gasteiger partial charge in [0.05, 0.1) is 5.60 Å².